The van der Waals surface area contributed by atoms with Crippen molar-refractivity contribution in [2.45, 2.75) is 32.5 Å². The summed E-state index contributed by atoms with van der Waals surface area (Å²) in [6.07, 6.45) is -4.61. The molecule has 1 unspecified atom stereocenters. The van der Waals surface area contributed by atoms with Crippen LogP contribution in [0.15, 0.2) is 54.6 Å². The fraction of sp³-hybridized carbons (Fsp3) is 0.261. The van der Waals surface area contributed by atoms with E-state index in [1.165, 1.54) is 30.8 Å². The van der Waals surface area contributed by atoms with E-state index in [4.69, 9.17) is 4.74 Å². The molecule has 2 aromatic carbocycles. The van der Waals surface area contributed by atoms with Gasteiger partial charge in [-0.15, -0.1) is 0 Å². The number of anilines is 1. The van der Waals surface area contributed by atoms with E-state index in [1.807, 2.05) is 0 Å². The van der Waals surface area contributed by atoms with Gasteiger partial charge in [-0.1, -0.05) is 18.2 Å². The summed E-state index contributed by atoms with van der Waals surface area (Å²) in [5.41, 5.74) is 0.539. The second-order valence-corrected chi connectivity index (χ2v) is 7.41. The molecule has 10 heteroatoms. The van der Waals surface area contributed by atoms with E-state index in [2.05, 4.69) is 15.7 Å². The number of nitrogens with zero attached hydrogens (tertiary/aromatic N) is 2. The zero-order chi connectivity index (χ0) is 24.2. The van der Waals surface area contributed by atoms with Gasteiger partial charge in [0, 0.05) is 13.0 Å². The van der Waals surface area contributed by atoms with Crippen LogP contribution >= 0.6 is 0 Å². The minimum Gasteiger partial charge on any atom is -0.497 e. The number of aryl methyl sites for hydroxylation is 1. The van der Waals surface area contributed by atoms with E-state index in [9.17, 15) is 22.8 Å². The Bertz CT molecular complexity index is 1140. The van der Waals surface area contributed by atoms with Crippen molar-refractivity contribution in [3.05, 3.63) is 71.4 Å². The quantitative estimate of drug-likeness (QED) is 0.547. The summed E-state index contributed by atoms with van der Waals surface area (Å²) in [6, 6.07) is 12.5. The largest absolute Gasteiger partial charge is 0.497 e. The summed E-state index contributed by atoms with van der Waals surface area (Å²) in [6.45, 7) is 3.01. The molecule has 3 aromatic rings. The number of hydrogen-bond acceptors (Lipinski definition) is 4. The van der Waals surface area contributed by atoms with Gasteiger partial charge in [-0.05, 0) is 42.8 Å². The van der Waals surface area contributed by atoms with Gasteiger partial charge in [0.1, 0.15) is 11.6 Å². The molecular formula is C23H23F3N4O3. The molecule has 0 aliphatic rings. The van der Waals surface area contributed by atoms with E-state index in [0.717, 1.165) is 12.1 Å². The number of benzene rings is 2. The molecule has 7 nitrogen and oxygen atoms in total. The Morgan fingerprint density at radius 3 is 2.42 bits per heavy atom. The first kappa shape index (κ1) is 23.8. The van der Waals surface area contributed by atoms with Crippen LogP contribution in [0, 0.1) is 6.92 Å². The number of amides is 2. The van der Waals surface area contributed by atoms with Crippen LogP contribution in [-0.2, 0) is 15.8 Å². The molecule has 0 aliphatic carbocycles. The van der Waals surface area contributed by atoms with Gasteiger partial charge in [0.2, 0.25) is 11.8 Å². The Morgan fingerprint density at radius 1 is 1.12 bits per heavy atom. The number of nitrogens with one attached hydrogen (secondary N) is 2. The molecule has 0 saturated heterocycles. The number of halogens is 3. The predicted molar refractivity (Wildman–Crippen MR) is 116 cm³/mol. The molecule has 2 amide bonds. The van der Waals surface area contributed by atoms with E-state index in [0.29, 0.717) is 17.0 Å². The fourth-order valence-corrected chi connectivity index (χ4v) is 3.31. The third-order valence-corrected chi connectivity index (χ3v) is 4.80. The van der Waals surface area contributed by atoms with Gasteiger partial charge in [0.25, 0.3) is 0 Å². The van der Waals surface area contributed by atoms with E-state index < -0.39 is 23.7 Å². The van der Waals surface area contributed by atoms with Crippen LogP contribution in [0.25, 0.3) is 5.69 Å². The second-order valence-electron chi connectivity index (χ2n) is 7.41. The van der Waals surface area contributed by atoms with Crippen molar-refractivity contribution in [3.8, 4) is 11.4 Å². The van der Waals surface area contributed by atoms with Crippen molar-refractivity contribution in [2.75, 3.05) is 12.4 Å². The summed E-state index contributed by atoms with van der Waals surface area (Å²) in [5.74, 6) is 0.0875. The number of alkyl halides is 3. The van der Waals surface area contributed by atoms with Crippen molar-refractivity contribution in [1.82, 2.24) is 15.1 Å². The molecule has 1 atom stereocenters. The molecule has 0 saturated carbocycles. The number of aromatic nitrogens is 2. The van der Waals surface area contributed by atoms with Crippen LogP contribution in [0.1, 0.15) is 36.2 Å². The third-order valence-electron chi connectivity index (χ3n) is 4.80. The Labute approximate surface area is 188 Å². The molecule has 0 bridgehead atoms. The standard InChI is InChI=1S/C23H23F3N4O3/c1-14-11-21(30(29-14)18-6-4-5-17(12-18)23(24,25)26)28-22(32)13-20(27-15(2)31)16-7-9-19(33-3)10-8-16/h4-12,20H,13H2,1-3H3,(H,27,31)(H,28,32). The Balaban J connectivity index is 1.83. The average Bonchev–Trinajstić information content (AvgIpc) is 3.12. The van der Waals surface area contributed by atoms with Crippen molar-refractivity contribution < 1.29 is 27.5 Å². The maximum atomic E-state index is 13.1. The molecule has 1 heterocycles. The first-order chi connectivity index (χ1) is 15.6. The van der Waals surface area contributed by atoms with Gasteiger partial charge in [0.15, 0.2) is 0 Å². The van der Waals surface area contributed by atoms with Crippen LogP contribution in [0.4, 0.5) is 19.0 Å². The molecule has 174 valence electrons. The van der Waals surface area contributed by atoms with E-state index >= 15 is 0 Å². The van der Waals surface area contributed by atoms with Crippen molar-refractivity contribution in [1.29, 1.82) is 0 Å². The van der Waals surface area contributed by atoms with Gasteiger partial charge in [-0.3, -0.25) is 9.59 Å². The highest BCUT2D eigenvalue weighted by atomic mass is 19.4. The lowest BCUT2D eigenvalue weighted by Gasteiger charge is -2.19. The van der Waals surface area contributed by atoms with Gasteiger partial charge < -0.3 is 15.4 Å². The summed E-state index contributed by atoms with van der Waals surface area (Å²) in [7, 11) is 1.53. The van der Waals surface area contributed by atoms with Gasteiger partial charge in [-0.25, -0.2) is 4.68 Å². The van der Waals surface area contributed by atoms with Crippen LogP contribution in [-0.4, -0.2) is 28.7 Å². The van der Waals surface area contributed by atoms with Crippen LogP contribution < -0.4 is 15.4 Å². The zero-order valence-corrected chi connectivity index (χ0v) is 18.2. The summed E-state index contributed by atoms with van der Waals surface area (Å²) < 4.78 is 45.7. The van der Waals surface area contributed by atoms with Gasteiger partial charge in [0.05, 0.1) is 36.5 Å². The highest BCUT2D eigenvalue weighted by molar-refractivity contribution is 5.91. The molecule has 0 aliphatic heterocycles. The minimum atomic E-state index is -4.51. The van der Waals surface area contributed by atoms with Crippen molar-refractivity contribution >= 4 is 17.6 Å². The second kappa shape index (κ2) is 9.76. The van der Waals surface area contributed by atoms with E-state index in [-0.39, 0.29) is 23.8 Å². The fourth-order valence-electron chi connectivity index (χ4n) is 3.31. The topological polar surface area (TPSA) is 85.2 Å². The Kier molecular flexibility index (Phi) is 7.05. The van der Waals surface area contributed by atoms with Crippen LogP contribution in [0.3, 0.4) is 0 Å². The lowest BCUT2D eigenvalue weighted by molar-refractivity contribution is -0.137. The number of carbonyl (C=O) groups excluding carboxylic acids is 2. The maximum Gasteiger partial charge on any atom is 0.416 e. The lowest BCUT2D eigenvalue weighted by atomic mass is 10.0. The molecule has 2 N–H and O–H groups in total. The highest BCUT2D eigenvalue weighted by Gasteiger charge is 2.30. The van der Waals surface area contributed by atoms with Crippen molar-refractivity contribution in [3.63, 3.8) is 0 Å². The lowest BCUT2D eigenvalue weighted by Crippen LogP contribution is -2.30. The Hall–Kier alpha value is -3.82. The van der Waals surface area contributed by atoms with E-state index in [1.54, 1.807) is 37.3 Å². The smallest absolute Gasteiger partial charge is 0.416 e. The predicted octanol–water partition coefficient (Wildman–Crippen LogP) is 4.41. The van der Waals surface area contributed by atoms with Crippen LogP contribution in [0.5, 0.6) is 5.75 Å². The number of ether oxygens (including phenoxy) is 1. The van der Waals surface area contributed by atoms with Gasteiger partial charge in [-0.2, -0.15) is 18.3 Å². The van der Waals surface area contributed by atoms with Crippen molar-refractivity contribution in [2.24, 2.45) is 0 Å². The molecule has 0 radical (unpaired) electrons. The summed E-state index contributed by atoms with van der Waals surface area (Å²) >= 11 is 0. The number of methoxy groups -OCH3 is 1. The number of carbonyl (C=O) groups is 2. The van der Waals surface area contributed by atoms with Gasteiger partial charge >= 0.3 is 6.18 Å². The normalized spacial score (nSPS) is 12.2. The monoisotopic (exact) mass is 460 g/mol. The number of rotatable bonds is 7. The molecule has 0 spiro atoms. The Morgan fingerprint density at radius 2 is 1.82 bits per heavy atom. The summed E-state index contributed by atoms with van der Waals surface area (Å²) in [4.78, 5) is 24.5. The molecule has 3 rings (SSSR count). The van der Waals surface area contributed by atoms with Crippen LogP contribution in [0.2, 0.25) is 0 Å². The molecule has 33 heavy (non-hydrogen) atoms. The maximum absolute atomic E-state index is 13.1. The molecule has 0 fully saturated rings. The first-order valence-electron chi connectivity index (χ1n) is 10.0. The SMILES string of the molecule is COc1ccc(C(CC(=O)Nc2cc(C)nn2-c2cccc(C(F)(F)F)c2)NC(C)=O)cc1. The minimum absolute atomic E-state index is 0.0985. The average molecular weight is 460 g/mol. The summed E-state index contributed by atoms with van der Waals surface area (Å²) in [5, 5.41) is 9.64. The molecule has 1 aromatic heterocycles. The third kappa shape index (κ3) is 6.12. The first-order valence-corrected chi connectivity index (χ1v) is 10.0. The highest BCUT2D eigenvalue weighted by Crippen LogP contribution is 2.31. The zero-order valence-electron chi connectivity index (χ0n) is 18.2. The molecular weight excluding hydrogens is 437 g/mol. The number of hydrogen-bond donors (Lipinski definition) is 2.